The van der Waals surface area contributed by atoms with Crippen LogP contribution in [0.3, 0.4) is 0 Å². The van der Waals surface area contributed by atoms with Crippen molar-refractivity contribution in [1.82, 2.24) is 4.57 Å². The van der Waals surface area contributed by atoms with E-state index in [1.807, 2.05) is 4.57 Å². The van der Waals surface area contributed by atoms with Crippen LogP contribution < -0.4 is 4.80 Å². The van der Waals surface area contributed by atoms with Crippen molar-refractivity contribution in [3.8, 4) is 0 Å². The fourth-order valence-electron chi connectivity index (χ4n) is 2.76. The van der Waals surface area contributed by atoms with E-state index in [-0.39, 0.29) is 18.1 Å². The Hall–Kier alpha value is -2.53. The van der Waals surface area contributed by atoms with Crippen molar-refractivity contribution in [2.45, 2.75) is 32.7 Å². The quantitative estimate of drug-likeness (QED) is 0.595. The first-order valence-corrected chi connectivity index (χ1v) is 9.35. The summed E-state index contributed by atoms with van der Waals surface area (Å²) < 4.78 is 16.1. The molecule has 3 rings (SSSR count). The van der Waals surface area contributed by atoms with Gasteiger partial charge in [-0.15, -0.1) is 6.58 Å². The van der Waals surface area contributed by atoms with Gasteiger partial charge < -0.3 is 4.57 Å². The summed E-state index contributed by atoms with van der Waals surface area (Å²) in [6.45, 7) is 8.71. The molecule has 134 valence electrons. The van der Waals surface area contributed by atoms with E-state index in [1.165, 1.54) is 29.0 Å². The summed E-state index contributed by atoms with van der Waals surface area (Å²) in [5.41, 5.74) is 3.06. The van der Waals surface area contributed by atoms with Gasteiger partial charge in [0.1, 0.15) is 5.82 Å². The predicted molar refractivity (Wildman–Crippen MR) is 105 cm³/mol. The van der Waals surface area contributed by atoms with Crippen molar-refractivity contribution in [3.63, 3.8) is 0 Å². The lowest BCUT2D eigenvalue weighted by atomic mass is 10.0. The minimum atomic E-state index is -0.313. The number of allylic oxidation sites excluding steroid dienone is 1. The third kappa shape index (κ3) is 3.99. The molecule has 0 saturated carbocycles. The molecule has 26 heavy (non-hydrogen) atoms. The molecule has 0 spiro atoms. The molecule has 0 aliphatic rings. The number of amides is 1. The second-order valence-electron chi connectivity index (χ2n) is 6.47. The van der Waals surface area contributed by atoms with Crippen molar-refractivity contribution in [3.05, 3.63) is 76.9 Å². The van der Waals surface area contributed by atoms with Gasteiger partial charge >= 0.3 is 0 Å². The summed E-state index contributed by atoms with van der Waals surface area (Å²) in [6.07, 6.45) is 1.95. The number of hydrogen-bond acceptors (Lipinski definition) is 2. The number of halogens is 1. The number of carbonyl (C=O) groups excluding carboxylic acids is 1. The summed E-state index contributed by atoms with van der Waals surface area (Å²) >= 11 is 1.50. The molecular formula is C21H21FN2OS. The number of hydrogen-bond donors (Lipinski definition) is 0. The van der Waals surface area contributed by atoms with Crippen LogP contribution in [0.2, 0.25) is 0 Å². The van der Waals surface area contributed by atoms with E-state index in [4.69, 9.17) is 0 Å². The Balaban J connectivity index is 1.99. The third-order valence-electron chi connectivity index (χ3n) is 4.17. The molecule has 3 nitrogen and oxygen atoms in total. The summed E-state index contributed by atoms with van der Waals surface area (Å²) in [7, 11) is 0. The number of carbonyl (C=O) groups is 1. The van der Waals surface area contributed by atoms with Crippen molar-refractivity contribution in [2.24, 2.45) is 4.99 Å². The minimum absolute atomic E-state index is 0.153. The molecule has 0 aliphatic heterocycles. The van der Waals surface area contributed by atoms with E-state index in [0.29, 0.717) is 17.3 Å². The Kier molecular flexibility index (Phi) is 5.47. The summed E-state index contributed by atoms with van der Waals surface area (Å²) in [6, 6.07) is 12.3. The van der Waals surface area contributed by atoms with Gasteiger partial charge in [0.25, 0.3) is 5.91 Å². The van der Waals surface area contributed by atoms with Gasteiger partial charge in [0.15, 0.2) is 4.80 Å². The van der Waals surface area contributed by atoms with E-state index in [0.717, 1.165) is 15.8 Å². The molecule has 0 N–H and O–H groups in total. The Labute approximate surface area is 156 Å². The number of nitrogens with zero attached hydrogens (tertiary/aromatic N) is 2. The molecule has 0 aliphatic carbocycles. The van der Waals surface area contributed by atoms with Crippen LogP contribution in [0.1, 0.15) is 30.9 Å². The SMILES string of the molecule is C=CCn1c(=NC(=O)Cc2ccc(F)cc2)sc2cc(C(C)C)ccc21. The van der Waals surface area contributed by atoms with Crippen LogP contribution in [0.5, 0.6) is 0 Å². The van der Waals surface area contributed by atoms with Gasteiger partial charge in [-0.05, 0) is 41.3 Å². The van der Waals surface area contributed by atoms with Crippen LogP contribution in [0, 0.1) is 5.82 Å². The van der Waals surface area contributed by atoms with Crippen LogP contribution in [0.25, 0.3) is 10.2 Å². The predicted octanol–water partition coefficient (Wildman–Crippen LogP) is 4.82. The van der Waals surface area contributed by atoms with Crippen molar-refractivity contribution in [2.75, 3.05) is 0 Å². The molecule has 0 atom stereocenters. The van der Waals surface area contributed by atoms with Crippen molar-refractivity contribution in [1.29, 1.82) is 0 Å². The van der Waals surface area contributed by atoms with Crippen molar-refractivity contribution < 1.29 is 9.18 Å². The van der Waals surface area contributed by atoms with Gasteiger partial charge in [-0.3, -0.25) is 4.79 Å². The first kappa shape index (κ1) is 18.3. The molecule has 1 heterocycles. The normalized spacial score (nSPS) is 12.1. The molecule has 3 aromatic rings. The second kappa shape index (κ2) is 7.79. The highest BCUT2D eigenvalue weighted by Gasteiger charge is 2.10. The maximum atomic E-state index is 13.0. The van der Waals surface area contributed by atoms with E-state index < -0.39 is 0 Å². The van der Waals surface area contributed by atoms with Gasteiger partial charge in [0.2, 0.25) is 0 Å². The highest BCUT2D eigenvalue weighted by atomic mass is 32.1. The zero-order valence-corrected chi connectivity index (χ0v) is 15.7. The zero-order valence-electron chi connectivity index (χ0n) is 14.9. The number of aromatic nitrogens is 1. The monoisotopic (exact) mass is 368 g/mol. The molecule has 0 radical (unpaired) electrons. The Morgan fingerprint density at radius 2 is 2.00 bits per heavy atom. The van der Waals surface area contributed by atoms with Crippen LogP contribution in [0.15, 0.2) is 60.1 Å². The van der Waals surface area contributed by atoms with Crippen LogP contribution >= 0.6 is 11.3 Å². The molecule has 0 saturated heterocycles. The highest BCUT2D eigenvalue weighted by molar-refractivity contribution is 7.16. The topological polar surface area (TPSA) is 34.4 Å². The second-order valence-corrected chi connectivity index (χ2v) is 7.48. The molecule has 5 heteroatoms. The number of fused-ring (bicyclic) bond motifs is 1. The van der Waals surface area contributed by atoms with E-state index in [1.54, 1.807) is 18.2 Å². The fourth-order valence-corrected chi connectivity index (χ4v) is 3.87. The first-order chi connectivity index (χ1) is 12.5. The Morgan fingerprint density at radius 3 is 2.65 bits per heavy atom. The molecule has 1 amide bonds. The lowest BCUT2D eigenvalue weighted by Gasteiger charge is -2.05. The fraction of sp³-hybridized carbons (Fsp3) is 0.238. The summed E-state index contributed by atoms with van der Waals surface area (Å²) in [5, 5.41) is 0. The zero-order chi connectivity index (χ0) is 18.7. The molecule has 0 fully saturated rings. The number of benzene rings is 2. The molecule has 2 aromatic carbocycles. The van der Waals surface area contributed by atoms with Crippen LogP contribution in [-0.2, 0) is 17.8 Å². The smallest absolute Gasteiger partial charge is 0.252 e. The largest absolute Gasteiger partial charge is 0.313 e. The van der Waals surface area contributed by atoms with Crippen molar-refractivity contribution >= 4 is 27.5 Å². The lowest BCUT2D eigenvalue weighted by Crippen LogP contribution is -2.16. The standard InChI is InChI=1S/C21H21FN2OS/c1-4-11-24-18-10-7-16(14(2)3)13-19(18)26-21(24)23-20(25)12-15-5-8-17(22)9-6-15/h4-10,13-14H,1,11-12H2,2-3H3. The Bertz CT molecular complexity index is 1010. The van der Waals surface area contributed by atoms with Gasteiger partial charge in [-0.25, -0.2) is 4.39 Å². The van der Waals surface area contributed by atoms with Gasteiger partial charge in [0, 0.05) is 6.54 Å². The Morgan fingerprint density at radius 1 is 1.27 bits per heavy atom. The van der Waals surface area contributed by atoms with Gasteiger partial charge in [-0.2, -0.15) is 4.99 Å². The number of thiazole rings is 1. The maximum absolute atomic E-state index is 13.0. The molecule has 0 bridgehead atoms. The maximum Gasteiger partial charge on any atom is 0.252 e. The molecule has 0 unspecified atom stereocenters. The number of rotatable bonds is 5. The minimum Gasteiger partial charge on any atom is -0.313 e. The van der Waals surface area contributed by atoms with Gasteiger partial charge in [0.05, 0.1) is 16.6 Å². The van der Waals surface area contributed by atoms with Crippen LogP contribution in [-0.4, -0.2) is 10.5 Å². The summed E-state index contributed by atoms with van der Waals surface area (Å²) in [5.74, 6) is -0.118. The molecular weight excluding hydrogens is 347 g/mol. The van der Waals surface area contributed by atoms with E-state index >= 15 is 0 Å². The third-order valence-corrected chi connectivity index (χ3v) is 5.22. The average Bonchev–Trinajstić information content (AvgIpc) is 2.93. The van der Waals surface area contributed by atoms with Crippen LogP contribution in [0.4, 0.5) is 4.39 Å². The highest BCUT2D eigenvalue weighted by Crippen LogP contribution is 2.23. The van der Waals surface area contributed by atoms with E-state index in [9.17, 15) is 9.18 Å². The first-order valence-electron chi connectivity index (χ1n) is 8.54. The average molecular weight is 368 g/mol. The van der Waals surface area contributed by atoms with E-state index in [2.05, 4.69) is 43.6 Å². The van der Waals surface area contributed by atoms with Gasteiger partial charge in [-0.1, -0.05) is 49.5 Å². The lowest BCUT2D eigenvalue weighted by molar-refractivity contribution is -0.117. The molecule has 1 aromatic heterocycles. The summed E-state index contributed by atoms with van der Waals surface area (Å²) in [4.78, 5) is 17.4.